The lowest BCUT2D eigenvalue weighted by atomic mass is 10.1. The van der Waals surface area contributed by atoms with Crippen molar-refractivity contribution in [3.63, 3.8) is 0 Å². The van der Waals surface area contributed by atoms with E-state index in [9.17, 15) is 0 Å². The molecule has 0 amide bonds. The van der Waals surface area contributed by atoms with E-state index < -0.39 is 0 Å². The average Bonchev–Trinajstić information content (AvgIpc) is 2.77. The van der Waals surface area contributed by atoms with Crippen molar-refractivity contribution in [1.29, 1.82) is 0 Å². The molecule has 0 saturated heterocycles. The van der Waals surface area contributed by atoms with Gasteiger partial charge in [0.05, 0.1) is 0 Å². The molecule has 1 N–H and O–H groups in total. The zero-order chi connectivity index (χ0) is 6.97. The molecule has 0 aromatic carbocycles. The summed E-state index contributed by atoms with van der Waals surface area (Å²) in [4.78, 5) is 0. The molecule has 0 heterocycles. The standard InChI is InChI=1S/C9H16N/c1-2-10-9(7-3-4-7)8-5-6-8/h7-8,10H,2-6H2,1H3. The molecule has 2 rings (SSSR count). The largest absolute Gasteiger partial charge is 0.309 e. The van der Waals surface area contributed by atoms with E-state index in [1.54, 1.807) is 6.04 Å². The normalized spacial score (nSPS) is 25.8. The second-order valence-corrected chi connectivity index (χ2v) is 3.53. The highest BCUT2D eigenvalue weighted by atomic mass is 14.9. The maximum atomic E-state index is 3.52. The summed E-state index contributed by atoms with van der Waals surface area (Å²) in [5, 5.41) is 3.52. The van der Waals surface area contributed by atoms with Crippen molar-refractivity contribution in [2.45, 2.75) is 32.6 Å². The van der Waals surface area contributed by atoms with Crippen LogP contribution < -0.4 is 5.32 Å². The van der Waals surface area contributed by atoms with Crippen LogP contribution in [-0.4, -0.2) is 6.54 Å². The molecule has 10 heavy (non-hydrogen) atoms. The summed E-state index contributed by atoms with van der Waals surface area (Å²) in [5.41, 5.74) is 0. The van der Waals surface area contributed by atoms with Crippen molar-refractivity contribution in [1.82, 2.24) is 5.32 Å². The van der Waals surface area contributed by atoms with Crippen molar-refractivity contribution in [2.75, 3.05) is 6.54 Å². The highest BCUT2D eigenvalue weighted by Gasteiger charge is 2.41. The van der Waals surface area contributed by atoms with Gasteiger partial charge in [-0.3, -0.25) is 0 Å². The topological polar surface area (TPSA) is 12.0 Å². The molecule has 2 aliphatic carbocycles. The molecule has 0 atom stereocenters. The van der Waals surface area contributed by atoms with Crippen LogP contribution in [0.15, 0.2) is 0 Å². The van der Waals surface area contributed by atoms with Crippen molar-refractivity contribution in [3.8, 4) is 0 Å². The van der Waals surface area contributed by atoms with E-state index >= 15 is 0 Å². The van der Waals surface area contributed by atoms with Gasteiger partial charge < -0.3 is 5.32 Å². The second-order valence-electron chi connectivity index (χ2n) is 3.53. The van der Waals surface area contributed by atoms with Crippen LogP contribution in [0.3, 0.4) is 0 Å². The minimum Gasteiger partial charge on any atom is -0.309 e. The van der Waals surface area contributed by atoms with Crippen LogP contribution in [0, 0.1) is 17.9 Å². The highest BCUT2D eigenvalue weighted by Crippen LogP contribution is 2.48. The Labute approximate surface area is 63.2 Å². The fraction of sp³-hybridized carbons (Fsp3) is 0.889. The molecule has 1 nitrogen and oxygen atoms in total. The molecule has 2 saturated carbocycles. The monoisotopic (exact) mass is 138 g/mol. The van der Waals surface area contributed by atoms with E-state index in [-0.39, 0.29) is 0 Å². The van der Waals surface area contributed by atoms with Gasteiger partial charge >= 0.3 is 0 Å². The van der Waals surface area contributed by atoms with E-state index in [1.165, 1.54) is 25.7 Å². The smallest absolute Gasteiger partial charge is 0.0426 e. The van der Waals surface area contributed by atoms with Crippen LogP contribution in [-0.2, 0) is 0 Å². The van der Waals surface area contributed by atoms with Gasteiger partial charge in [0, 0.05) is 6.04 Å². The molecule has 2 aliphatic rings. The van der Waals surface area contributed by atoms with Crippen LogP contribution in [0.4, 0.5) is 0 Å². The summed E-state index contributed by atoms with van der Waals surface area (Å²) >= 11 is 0. The molecule has 0 aromatic rings. The summed E-state index contributed by atoms with van der Waals surface area (Å²) in [6.07, 6.45) is 5.83. The van der Waals surface area contributed by atoms with Gasteiger partial charge in [-0.25, -0.2) is 0 Å². The first kappa shape index (κ1) is 6.66. The predicted molar refractivity (Wildman–Crippen MR) is 42.4 cm³/mol. The van der Waals surface area contributed by atoms with Crippen LogP contribution in [0.5, 0.6) is 0 Å². The zero-order valence-electron chi connectivity index (χ0n) is 6.69. The molecule has 0 unspecified atom stereocenters. The Bertz CT molecular complexity index is 102. The van der Waals surface area contributed by atoms with Crippen molar-refractivity contribution in [2.24, 2.45) is 11.8 Å². The van der Waals surface area contributed by atoms with Gasteiger partial charge in [-0.1, -0.05) is 6.92 Å². The first-order valence-corrected chi connectivity index (χ1v) is 4.52. The summed E-state index contributed by atoms with van der Waals surface area (Å²) in [6, 6.07) is 1.70. The Morgan fingerprint density at radius 3 is 2.00 bits per heavy atom. The van der Waals surface area contributed by atoms with Gasteiger partial charge in [0.2, 0.25) is 0 Å². The molecule has 2 fully saturated rings. The Morgan fingerprint density at radius 1 is 1.20 bits per heavy atom. The maximum absolute atomic E-state index is 3.52. The van der Waals surface area contributed by atoms with Crippen LogP contribution in [0.1, 0.15) is 32.6 Å². The van der Waals surface area contributed by atoms with Gasteiger partial charge in [0.1, 0.15) is 0 Å². The Hall–Kier alpha value is -0.0400. The third kappa shape index (κ3) is 1.34. The van der Waals surface area contributed by atoms with Gasteiger partial charge in [-0.2, -0.15) is 0 Å². The van der Waals surface area contributed by atoms with E-state index in [0.717, 1.165) is 18.4 Å². The minimum absolute atomic E-state index is 0.979. The maximum Gasteiger partial charge on any atom is 0.0426 e. The van der Waals surface area contributed by atoms with Gasteiger partial charge in [0.15, 0.2) is 0 Å². The molecule has 1 radical (unpaired) electrons. The molecular formula is C9H16N. The third-order valence-electron chi connectivity index (χ3n) is 2.42. The number of hydrogen-bond acceptors (Lipinski definition) is 1. The highest BCUT2D eigenvalue weighted by molar-refractivity contribution is 5.09. The SMILES string of the molecule is CCN[C](C1CC1)C1CC1. The Kier molecular flexibility index (Phi) is 1.69. The number of nitrogens with one attached hydrogen (secondary N) is 1. The van der Waals surface area contributed by atoms with Gasteiger partial charge in [-0.05, 0) is 44.1 Å². The average molecular weight is 138 g/mol. The lowest BCUT2D eigenvalue weighted by Crippen LogP contribution is -2.24. The van der Waals surface area contributed by atoms with Gasteiger partial charge in [-0.15, -0.1) is 0 Å². The summed E-state index contributed by atoms with van der Waals surface area (Å²) < 4.78 is 0. The Balaban J connectivity index is 1.80. The van der Waals surface area contributed by atoms with E-state index in [4.69, 9.17) is 0 Å². The fourth-order valence-electron chi connectivity index (χ4n) is 1.61. The van der Waals surface area contributed by atoms with E-state index in [2.05, 4.69) is 12.2 Å². The third-order valence-corrected chi connectivity index (χ3v) is 2.42. The first-order chi connectivity index (χ1) is 4.92. The van der Waals surface area contributed by atoms with Crippen LogP contribution >= 0.6 is 0 Å². The second kappa shape index (κ2) is 2.54. The number of rotatable bonds is 4. The van der Waals surface area contributed by atoms with Crippen molar-refractivity contribution in [3.05, 3.63) is 6.04 Å². The summed E-state index contributed by atoms with van der Waals surface area (Å²) in [5.74, 6) is 1.96. The molecule has 0 bridgehead atoms. The lowest BCUT2D eigenvalue weighted by Gasteiger charge is -2.14. The van der Waals surface area contributed by atoms with Crippen molar-refractivity contribution < 1.29 is 0 Å². The van der Waals surface area contributed by atoms with E-state index in [0.29, 0.717) is 0 Å². The predicted octanol–water partition coefficient (Wildman–Crippen LogP) is 1.95. The molecule has 0 spiro atoms. The quantitative estimate of drug-likeness (QED) is 0.626. The first-order valence-electron chi connectivity index (χ1n) is 4.52. The summed E-state index contributed by atoms with van der Waals surface area (Å²) in [7, 11) is 0. The van der Waals surface area contributed by atoms with Crippen LogP contribution in [0.25, 0.3) is 0 Å². The minimum atomic E-state index is 0.979. The van der Waals surface area contributed by atoms with Crippen LogP contribution in [0.2, 0.25) is 0 Å². The van der Waals surface area contributed by atoms with Crippen molar-refractivity contribution >= 4 is 0 Å². The molecule has 57 valence electrons. The van der Waals surface area contributed by atoms with E-state index in [1.807, 2.05) is 0 Å². The molecule has 1 heteroatoms. The van der Waals surface area contributed by atoms with Gasteiger partial charge in [0.25, 0.3) is 0 Å². The zero-order valence-corrected chi connectivity index (χ0v) is 6.69. The molecular weight excluding hydrogens is 122 g/mol. The molecule has 0 aromatic heterocycles. The molecule has 0 aliphatic heterocycles. The lowest BCUT2D eigenvalue weighted by molar-refractivity contribution is 0.567. The Morgan fingerprint density at radius 2 is 1.70 bits per heavy atom. The summed E-state index contributed by atoms with van der Waals surface area (Å²) in [6.45, 7) is 3.33. The fourth-order valence-corrected chi connectivity index (χ4v) is 1.61. The number of hydrogen-bond donors (Lipinski definition) is 1.